The molecule has 5 heterocycles. The lowest BCUT2D eigenvalue weighted by Gasteiger charge is -2.30. The fourth-order valence-corrected chi connectivity index (χ4v) is 11.5. The number of nitrogens with zero attached hydrogens (tertiary/aromatic N) is 2. The number of ketones is 4. The predicted octanol–water partition coefficient (Wildman–Crippen LogP) is 1.63. The summed E-state index contributed by atoms with van der Waals surface area (Å²) in [5.41, 5.74) is 26.4. The zero-order valence-electron chi connectivity index (χ0n) is 31.2. The van der Waals surface area contributed by atoms with Crippen LogP contribution in [0.1, 0.15) is 103 Å². The van der Waals surface area contributed by atoms with Crippen LogP contribution in [0.3, 0.4) is 0 Å². The van der Waals surface area contributed by atoms with Crippen molar-refractivity contribution in [2.45, 2.75) is 87.8 Å². The third-order valence-corrected chi connectivity index (χ3v) is 14.5. The molecule has 18 nitrogen and oxygen atoms in total. The second-order valence-electron chi connectivity index (χ2n) is 14.3. The molecule has 1 fully saturated rings. The van der Waals surface area contributed by atoms with Crippen LogP contribution in [0.4, 0.5) is 9.59 Å². The maximum Gasteiger partial charge on any atom is 0.404 e. The van der Waals surface area contributed by atoms with E-state index in [1.807, 2.05) is 0 Å². The van der Waals surface area contributed by atoms with Gasteiger partial charge < -0.3 is 61.6 Å². The number of Topliss-reactive ketones (excluding diaryl/α,β-unsaturated/α-hetero) is 4. The number of rotatable bonds is 12. The molecule has 6 atom stereocenters. The van der Waals surface area contributed by atoms with Crippen LogP contribution >= 0.6 is 21.6 Å². The number of carbonyl (C=O) groups excluding carboxylic acids is 6. The Balaban J connectivity index is 1.01. The molecule has 2 aliphatic carbocycles. The molecule has 0 spiro atoms. The molecule has 56 heavy (non-hydrogen) atoms. The molecular weight excluding hydrogens is 769 g/mol. The van der Waals surface area contributed by atoms with E-state index in [1.54, 1.807) is 44.6 Å². The molecule has 0 bridgehead atoms. The molecule has 2 aromatic heterocycles. The van der Waals surface area contributed by atoms with E-state index in [-0.39, 0.29) is 93.4 Å². The third kappa shape index (κ3) is 6.50. The smallest absolute Gasteiger partial charge is 0.404 e. The molecule has 1 saturated heterocycles. The van der Waals surface area contributed by atoms with E-state index in [4.69, 9.17) is 41.9 Å². The number of allylic oxidation sites excluding steroid dienone is 4. The second kappa shape index (κ2) is 15.4. The lowest BCUT2D eigenvalue weighted by Crippen LogP contribution is -2.37. The van der Waals surface area contributed by atoms with Crippen LogP contribution in [0.25, 0.3) is 0 Å². The normalized spacial score (nSPS) is 25.6. The summed E-state index contributed by atoms with van der Waals surface area (Å²) in [6, 6.07) is -0.935. The summed E-state index contributed by atoms with van der Waals surface area (Å²) in [5.74, 6) is -1.45. The van der Waals surface area contributed by atoms with Crippen LogP contribution in [-0.2, 0) is 45.3 Å². The van der Waals surface area contributed by atoms with E-state index in [0.29, 0.717) is 35.6 Å². The first kappa shape index (κ1) is 39.6. The zero-order valence-corrected chi connectivity index (χ0v) is 32.9. The van der Waals surface area contributed by atoms with E-state index in [9.17, 15) is 28.8 Å². The van der Waals surface area contributed by atoms with E-state index in [0.717, 1.165) is 12.8 Å². The van der Waals surface area contributed by atoms with Crippen molar-refractivity contribution in [3.05, 3.63) is 67.6 Å². The van der Waals surface area contributed by atoms with Gasteiger partial charge in [-0.1, -0.05) is 21.6 Å². The molecule has 2 amide bonds. The minimum Gasteiger partial charge on any atom is -0.445 e. The highest BCUT2D eigenvalue weighted by Crippen LogP contribution is 2.44. The number of nitrogens with two attached hydrogens (primary N) is 4. The number of methoxy groups -OCH3 is 2. The van der Waals surface area contributed by atoms with Crippen molar-refractivity contribution < 1.29 is 47.7 Å². The van der Waals surface area contributed by atoms with E-state index < -0.39 is 48.0 Å². The first-order valence-electron chi connectivity index (χ1n) is 18.0. The Kier molecular flexibility index (Phi) is 10.9. The first-order chi connectivity index (χ1) is 26.7. The molecule has 2 unspecified atom stereocenters. The maximum absolute atomic E-state index is 14.1. The Labute approximate surface area is 329 Å². The minimum absolute atomic E-state index is 0.0754. The van der Waals surface area contributed by atoms with Crippen molar-refractivity contribution >= 4 is 56.9 Å². The summed E-state index contributed by atoms with van der Waals surface area (Å²) in [6.07, 6.45) is -1.75. The lowest BCUT2D eigenvalue weighted by molar-refractivity contribution is 0.0871. The van der Waals surface area contributed by atoms with Gasteiger partial charge in [-0.25, -0.2) is 9.59 Å². The van der Waals surface area contributed by atoms with Gasteiger partial charge in [-0.15, -0.1) is 0 Å². The monoisotopic (exact) mass is 812 g/mol. The van der Waals surface area contributed by atoms with Crippen molar-refractivity contribution in [3.63, 3.8) is 0 Å². The van der Waals surface area contributed by atoms with Crippen LogP contribution < -0.4 is 33.6 Å². The minimum atomic E-state index is -1.02. The first-order valence-corrected chi connectivity index (χ1v) is 20.3. The van der Waals surface area contributed by atoms with Crippen molar-refractivity contribution in [3.8, 4) is 0 Å². The van der Waals surface area contributed by atoms with Gasteiger partial charge in [0.2, 0.25) is 23.1 Å². The van der Waals surface area contributed by atoms with Gasteiger partial charge in [0, 0.05) is 73.2 Å². The Morgan fingerprint density at radius 2 is 1.05 bits per heavy atom. The van der Waals surface area contributed by atoms with Gasteiger partial charge in [0.25, 0.3) is 0 Å². The SMILES string of the molecule is COC1c2c(COC(N)=O)c3c(n2C[C@@H]1N)C(=O)C(C)=C(NC[C@H]1CC[C@@H](CNC2=C(C)C(=O)c4c(c(COC(N)=O)c5n4C[C@H](N)C5OC)C2=O)SS1)C3=O. The highest BCUT2D eigenvalue weighted by Gasteiger charge is 2.46. The molecule has 300 valence electrons. The summed E-state index contributed by atoms with van der Waals surface area (Å²) in [4.78, 5) is 78.8. The molecule has 3 aliphatic heterocycles. The Morgan fingerprint density at radius 3 is 1.38 bits per heavy atom. The lowest BCUT2D eigenvalue weighted by atomic mass is 9.89. The zero-order chi connectivity index (χ0) is 40.3. The number of ether oxygens (including phenoxy) is 4. The van der Waals surface area contributed by atoms with Crippen LogP contribution in [0, 0.1) is 0 Å². The Hall–Kier alpha value is -4.60. The molecule has 5 aliphatic rings. The fourth-order valence-electron chi connectivity index (χ4n) is 8.47. The molecule has 0 saturated carbocycles. The average Bonchev–Trinajstić information content (AvgIpc) is 3.86. The number of primary amides is 2. The number of fused-ring (bicyclic) bond motifs is 6. The molecule has 10 N–H and O–H groups in total. The van der Waals surface area contributed by atoms with Gasteiger partial charge >= 0.3 is 12.2 Å². The molecule has 7 rings (SSSR count). The number of nitrogens with one attached hydrogen (secondary N) is 2. The van der Waals surface area contributed by atoms with Crippen LogP contribution in [0.5, 0.6) is 0 Å². The summed E-state index contributed by atoms with van der Waals surface area (Å²) < 4.78 is 24.8. The third-order valence-electron chi connectivity index (χ3n) is 11.1. The highest BCUT2D eigenvalue weighted by molar-refractivity contribution is 8.77. The molecule has 0 radical (unpaired) electrons. The quantitative estimate of drug-likeness (QED) is 0.166. The average molecular weight is 813 g/mol. The van der Waals surface area contributed by atoms with E-state index in [1.165, 1.54) is 14.2 Å². The topological polar surface area (TPSA) is 277 Å². The summed E-state index contributed by atoms with van der Waals surface area (Å²) in [6.45, 7) is 3.87. The van der Waals surface area contributed by atoms with Crippen LogP contribution in [-0.4, -0.2) is 94.3 Å². The van der Waals surface area contributed by atoms with Crippen molar-refractivity contribution in [1.29, 1.82) is 0 Å². The number of hydrogen-bond acceptors (Lipinski definition) is 16. The molecule has 2 aromatic rings. The van der Waals surface area contributed by atoms with Crippen molar-refractivity contribution in [2.75, 3.05) is 27.3 Å². The van der Waals surface area contributed by atoms with Gasteiger partial charge in [-0.3, -0.25) is 19.2 Å². The highest BCUT2D eigenvalue weighted by atomic mass is 33.1. The Bertz CT molecular complexity index is 1980. The summed E-state index contributed by atoms with van der Waals surface area (Å²) >= 11 is 0. The summed E-state index contributed by atoms with van der Waals surface area (Å²) in [5, 5.41) is 6.63. The summed E-state index contributed by atoms with van der Waals surface area (Å²) in [7, 11) is 6.22. The van der Waals surface area contributed by atoms with E-state index in [2.05, 4.69) is 10.6 Å². The molecule has 0 aromatic carbocycles. The van der Waals surface area contributed by atoms with Crippen molar-refractivity contribution in [1.82, 2.24) is 19.8 Å². The van der Waals surface area contributed by atoms with E-state index >= 15 is 0 Å². The maximum atomic E-state index is 14.1. The molecular formula is C36H44N8O10S2. The number of aromatic nitrogens is 2. The van der Waals surface area contributed by atoms with Gasteiger partial charge in [0.1, 0.15) is 36.8 Å². The van der Waals surface area contributed by atoms with Crippen LogP contribution in [0.15, 0.2) is 22.5 Å². The fraction of sp³-hybridized carbons (Fsp3) is 0.500. The standard InChI is InChI=1S/C36H44N8O10S2/c1-13-23(31(47)21-17(11-53-35(39)49)25-33(51-3)19(37)9-43(25)27(21)29(13)45)41-7-15-5-6-16(56-55-15)8-42-24-14(2)30(46)28-22(32(24)48)18(12-54-36(40)50)26-34(52-4)20(38)10-44(26)28/h15-16,19-20,33-34,41-42H,5-12,37-38H2,1-4H3,(H2,39,49)(H2,40,50)/t15-,16+,19-,20-,33?,34?/m0/s1. The van der Waals surface area contributed by atoms with Crippen molar-refractivity contribution in [2.24, 2.45) is 22.9 Å². The number of hydrogen-bond donors (Lipinski definition) is 6. The van der Waals surface area contributed by atoms with Crippen LogP contribution in [0.2, 0.25) is 0 Å². The van der Waals surface area contributed by atoms with Gasteiger partial charge in [-0.2, -0.15) is 0 Å². The largest absolute Gasteiger partial charge is 0.445 e. The Morgan fingerprint density at radius 1 is 0.679 bits per heavy atom. The van der Waals surface area contributed by atoms with Gasteiger partial charge in [0.15, 0.2) is 0 Å². The molecule has 20 heteroatoms. The number of amides is 2. The number of carbonyl (C=O) groups is 6. The second-order valence-corrected chi connectivity index (χ2v) is 17.2. The van der Waals surface area contributed by atoms with Gasteiger partial charge in [-0.05, 0) is 26.7 Å². The van der Waals surface area contributed by atoms with Gasteiger partial charge in [0.05, 0.1) is 46.0 Å². The predicted molar refractivity (Wildman–Crippen MR) is 204 cm³/mol.